The Morgan fingerprint density at radius 1 is 1.25 bits per heavy atom. The minimum atomic E-state index is -0.658. The van der Waals surface area contributed by atoms with Gasteiger partial charge in [0.1, 0.15) is 5.82 Å². The van der Waals surface area contributed by atoms with Gasteiger partial charge in [0.05, 0.1) is 22.2 Å². The van der Waals surface area contributed by atoms with Crippen LogP contribution in [0.25, 0.3) is 0 Å². The summed E-state index contributed by atoms with van der Waals surface area (Å²) in [6.45, 7) is 0.231. The first-order valence-corrected chi connectivity index (χ1v) is 6.21. The predicted octanol–water partition coefficient (Wildman–Crippen LogP) is 3.28. The van der Waals surface area contributed by atoms with Crippen molar-refractivity contribution in [3.63, 3.8) is 0 Å². The van der Waals surface area contributed by atoms with Crippen molar-refractivity contribution in [1.82, 2.24) is 5.32 Å². The molecule has 0 aliphatic rings. The van der Waals surface area contributed by atoms with Crippen LogP contribution in [0.15, 0.2) is 42.5 Å². The van der Waals surface area contributed by atoms with Gasteiger partial charge in [-0.1, -0.05) is 29.8 Å². The van der Waals surface area contributed by atoms with Crippen molar-refractivity contribution in [2.24, 2.45) is 0 Å². The summed E-state index contributed by atoms with van der Waals surface area (Å²) in [4.78, 5) is 11.9. The zero-order valence-corrected chi connectivity index (χ0v) is 11.1. The molecule has 2 aromatic rings. The summed E-state index contributed by atoms with van der Waals surface area (Å²) < 4.78 is 13.5. The number of nitrogens with one attached hydrogen (secondary N) is 1. The number of benzene rings is 2. The van der Waals surface area contributed by atoms with Crippen LogP contribution in [0.5, 0.6) is 0 Å². The van der Waals surface area contributed by atoms with Crippen molar-refractivity contribution in [3.8, 4) is 6.07 Å². The maximum atomic E-state index is 13.5. The van der Waals surface area contributed by atoms with Crippen LogP contribution in [-0.2, 0) is 6.54 Å². The lowest BCUT2D eigenvalue weighted by Crippen LogP contribution is -2.24. The van der Waals surface area contributed by atoms with Crippen molar-refractivity contribution in [2.45, 2.75) is 6.54 Å². The van der Waals surface area contributed by atoms with Crippen LogP contribution in [0.4, 0.5) is 4.39 Å². The number of carbonyl (C=O) groups is 1. The van der Waals surface area contributed by atoms with E-state index in [-0.39, 0.29) is 17.1 Å². The average Bonchev–Trinajstić information content (AvgIpc) is 2.45. The Bertz CT molecular complexity index is 657. The van der Waals surface area contributed by atoms with Crippen LogP contribution in [0, 0.1) is 17.1 Å². The highest BCUT2D eigenvalue weighted by Gasteiger charge is 2.15. The number of hydrogen-bond acceptors (Lipinski definition) is 2. The third-order valence-electron chi connectivity index (χ3n) is 2.73. The largest absolute Gasteiger partial charge is 0.348 e. The maximum absolute atomic E-state index is 13.5. The van der Waals surface area contributed by atoms with E-state index in [2.05, 4.69) is 5.32 Å². The van der Waals surface area contributed by atoms with E-state index >= 15 is 0 Å². The third kappa shape index (κ3) is 3.14. The number of carbonyl (C=O) groups excluding carboxylic acids is 1. The van der Waals surface area contributed by atoms with Crippen LogP contribution in [0.1, 0.15) is 21.5 Å². The van der Waals surface area contributed by atoms with Crippen molar-refractivity contribution in [1.29, 1.82) is 5.26 Å². The van der Waals surface area contributed by atoms with Gasteiger partial charge >= 0.3 is 0 Å². The van der Waals surface area contributed by atoms with Gasteiger partial charge < -0.3 is 5.32 Å². The highest BCUT2D eigenvalue weighted by atomic mass is 35.5. The van der Waals surface area contributed by atoms with Gasteiger partial charge in [-0.05, 0) is 29.8 Å². The summed E-state index contributed by atoms with van der Waals surface area (Å²) in [7, 11) is 0. The monoisotopic (exact) mass is 288 g/mol. The minimum Gasteiger partial charge on any atom is -0.348 e. The standard InChI is InChI=1S/C15H10ClFN2O/c16-12-2-1-3-13(17)14(12)15(20)19-9-11-6-4-10(8-18)5-7-11/h1-7H,9H2,(H,19,20). The molecule has 0 bridgehead atoms. The zero-order chi connectivity index (χ0) is 14.5. The van der Waals surface area contributed by atoms with Crippen LogP contribution in [0.2, 0.25) is 5.02 Å². The fourth-order valence-corrected chi connectivity index (χ4v) is 1.93. The van der Waals surface area contributed by atoms with Crippen LogP contribution >= 0.6 is 11.6 Å². The molecule has 0 aromatic heterocycles. The lowest BCUT2D eigenvalue weighted by atomic mass is 10.1. The minimum absolute atomic E-state index is 0.0716. The van der Waals surface area contributed by atoms with Crippen LogP contribution in [-0.4, -0.2) is 5.91 Å². The molecule has 1 amide bonds. The normalized spacial score (nSPS) is 9.85. The van der Waals surface area contributed by atoms with Gasteiger partial charge in [-0.3, -0.25) is 4.79 Å². The van der Waals surface area contributed by atoms with E-state index < -0.39 is 11.7 Å². The Balaban J connectivity index is 2.07. The Morgan fingerprint density at radius 3 is 2.55 bits per heavy atom. The second kappa shape index (κ2) is 6.18. The molecule has 0 fully saturated rings. The third-order valence-corrected chi connectivity index (χ3v) is 3.04. The lowest BCUT2D eigenvalue weighted by Gasteiger charge is -2.07. The molecule has 3 nitrogen and oxygen atoms in total. The molecule has 0 radical (unpaired) electrons. The molecule has 0 atom stereocenters. The summed E-state index contributed by atoms with van der Waals surface area (Å²) in [5.41, 5.74) is 1.19. The molecule has 0 aliphatic heterocycles. The zero-order valence-electron chi connectivity index (χ0n) is 10.4. The quantitative estimate of drug-likeness (QED) is 0.942. The molecule has 0 saturated heterocycles. The average molecular weight is 289 g/mol. The summed E-state index contributed by atoms with van der Waals surface area (Å²) in [6, 6.07) is 12.8. The number of amides is 1. The van der Waals surface area contributed by atoms with Crippen molar-refractivity contribution in [2.75, 3.05) is 0 Å². The van der Waals surface area contributed by atoms with Crippen LogP contribution in [0.3, 0.4) is 0 Å². The molecule has 5 heteroatoms. The second-order valence-corrected chi connectivity index (χ2v) is 4.50. The first kappa shape index (κ1) is 14.0. The van der Waals surface area contributed by atoms with E-state index in [1.807, 2.05) is 6.07 Å². The van der Waals surface area contributed by atoms with E-state index in [0.29, 0.717) is 5.56 Å². The number of halogens is 2. The highest BCUT2D eigenvalue weighted by Crippen LogP contribution is 2.18. The number of nitrogens with zero attached hydrogens (tertiary/aromatic N) is 1. The molecule has 0 spiro atoms. The first-order chi connectivity index (χ1) is 9.61. The lowest BCUT2D eigenvalue weighted by molar-refractivity contribution is 0.0947. The van der Waals surface area contributed by atoms with Gasteiger partial charge in [0.15, 0.2) is 0 Å². The van der Waals surface area contributed by atoms with E-state index in [0.717, 1.165) is 5.56 Å². The van der Waals surface area contributed by atoms with Gasteiger partial charge in [-0.2, -0.15) is 5.26 Å². The fraction of sp³-hybridized carbons (Fsp3) is 0.0667. The molecular weight excluding hydrogens is 279 g/mol. The molecule has 20 heavy (non-hydrogen) atoms. The van der Waals surface area contributed by atoms with Gasteiger partial charge in [-0.15, -0.1) is 0 Å². The number of rotatable bonds is 3. The Morgan fingerprint density at radius 2 is 1.95 bits per heavy atom. The molecule has 2 rings (SSSR count). The van der Waals surface area contributed by atoms with E-state index in [4.69, 9.17) is 16.9 Å². The van der Waals surface area contributed by atoms with Crippen LogP contribution < -0.4 is 5.32 Å². The number of nitriles is 1. The van der Waals surface area contributed by atoms with Gasteiger partial charge in [-0.25, -0.2) is 4.39 Å². The number of hydrogen-bond donors (Lipinski definition) is 1. The fourth-order valence-electron chi connectivity index (χ4n) is 1.68. The predicted molar refractivity (Wildman–Crippen MR) is 73.7 cm³/mol. The second-order valence-electron chi connectivity index (χ2n) is 4.09. The van der Waals surface area contributed by atoms with E-state index in [9.17, 15) is 9.18 Å². The summed E-state index contributed by atoms with van der Waals surface area (Å²) >= 11 is 5.81. The SMILES string of the molecule is N#Cc1ccc(CNC(=O)c2c(F)cccc2Cl)cc1. The van der Waals surface area contributed by atoms with E-state index in [1.165, 1.54) is 18.2 Å². The Kier molecular flexibility index (Phi) is 4.34. The summed E-state index contributed by atoms with van der Waals surface area (Å²) in [5.74, 6) is -1.23. The molecule has 0 saturated carbocycles. The maximum Gasteiger partial charge on any atom is 0.256 e. The topological polar surface area (TPSA) is 52.9 Å². The van der Waals surface area contributed by atoms with Gasteiger partial charge in [0, 0.05) is 6.54 Å². The molecular formula is C15H10ClFN2O. The molecule has 2 aromatic carbocycles. The Hall–Kier alpha value is -2.38. The van der Waals surface area contributed by atoms with Crippen molar-refractivity contribution >= 4 is 17.5 Å². The van der Waals surface area contributed by atoms with E-state index in [1.54, 1.807) is 24.3 Å². The molecule has 100 valence electrons. The molecule has 0 unspecified atom stereocenters. The summed E-state index contributed by atoms with van der Waals surface area (Å²) in [6.07, 6.45) is 0. The Labute approximate surface area is 120 Å². The van der Waals surface area contributed by atoms with Crippen molar-refractivity contribution in [3.05, 3.63) is 70.0 Å². The van der Waals surface area contributed by atoms with Gasteiger partial charge in [0.25, 0.3) is 5.91 Å². The smallest absolute Gasteiger partial charge is 0.256 e. The van der Waals surface area contributed by atoms with Crippen molar-refractivity contribution < 1.29 is 9.18 Å². The first-order valence-electron chi connectivity index (χ1n) is 5.83. The molecule has 0 aliphatic carbocycles. The molecule has 0 heterocycles. The highest BCUT2D eigenvalue weighted by molar-refractivity contribution is 6.33. The molecule has 1 N–H and O–H groups in total. The van der Waals surface area contributed by atoms with Gasteiger partial charge in [0.2, 0.25) is 0 Å². The summed E-state index contributed by atoms with van der Waals surface area (Å²) in [5, 5.41) is 11.3.